The second-order valence-electron chi connectivity index (χ2n) is 3.93. The Bertz CT molecular complexity index is 308. The average Bonchev–Trinajstić information content (AvgIpc) is 2.57. The third-order valence-corrected chi connectivity index (χ3v) is 2.84. The molecule has 0 aliphatic carbocycles. The molecule has 0 unspecified atom stereocenters. The largest absolute Gasteiger partial charge is 0.391 e. The number of aliphatic hydroxyl groups is 1. The first-order valence-electron chi connectivity index (χ1n) is 5.56. The maximum absolute atomic E-state index is 9.21. The van der Waals surface area contributed by atoms with Gasteiger partial charge in [-0.2, -0.15) is 0 Å². The van der Waals surface area contributed by atoms with Crippen LogP contribution in [0.25, 0.3) is 0 Å². The van der Waals surface area contributed by atoms with Crippen LogP contribution in [0.1, 0.15) is 31.2 Å². The molecule has 0 spiro atoms. The van der Waals surface area contributed by atoms with Crippen LogP contribution in [-0.4, -0.2) is 28.2 Å². The van der Waals surface area contributed by atoms with Crippen LogP contribution in [0.5, 0.6) is 0 Å². The van der Waals surface area contributed by atoms with Crippen molar-refractivity contribution in [3.63, 3.8) is 0 Å². The van der Waals surface area contributed by atoms with E-state index in [1.165, 1.54) is 25.7 Å². The molecule has 1 saturated heterocycles. The molecule has 82 valence electrons. The fraction of sp³-hybridized carbons (Fsp3) is 0.636. The molecule has 4 heteroatoms. The highest BCUT2D eigenvalue weighted by molar-refractivity contribution is 5.45. The van der Waals surface area contributed by atoms with Gasteiger partial charge in [0, 0.05) is 24.8 Å². The molecule has 1 aliphatic heterocycles. The van der Waals surface area contributed by atoms with Gasteiger partial charge in [-0.15, -0.1) is 0 Å². The van der Waals surface area contributed by atoms with Crippen LogP contribution in [0.4, 0.5) is 5.82 Å². The molecule has 1 aliphatic rings. The number of aromatic nitrogens is 2. The first kappa shape index (κ1) is 10.4. The Hall–Kier alpha value is -1.16. The Morgan fingerprint density at radius 2 is 1.93 bits per heavy atom. The number of aliphatic hydroxyl groups excluding tert-OH is 1. The zero-order valence-electron chi connectivity index (χ0n) is 8.89. The minimum absolute atomic E-state index is 0.0205. The molecular weight excluding hydrogens is 190 g/mol. The molecule has 2 heterocycles. The van der Waals surface area contributed by atoms with Gasteiger partial charge in [-0.3, -0.25) is 0 Å². The van der Waals surface area contributed by atoms with Gasteiger partial charge < -0.3 is 10.0 Å². The molecule has 15 heavy (non-hydrogen) atoms. The van der Waals surface area contributed by atoms with Crippen LogP contribution in [-0.2, 0) is 6.61 Å². The maximum Gasteiger partial charge on any atom is 0.137 e. The molecule has 1 aromatic rings. The van der Waals surface area contributed by atoms with E-state index in [1.54, 1.807) is 12.5 Å². The minimum Gasteiger partial charge on any atom is -0.391 e. The van der Waals surface area contributed by atoms with Crippen molar-refractivity contribution in [1.82, 2.24) is 9.97 Å². The summed E-state index contributed by atoms with van der Waals surface area (Å²) < 4.78 is 0. The van der Waals surface area contributed by atoms with E-state index in [0.717, 1.165) is 24.5 Å². The standard InChI is InChI=1S/C11H17N3O/c15-8-10-7-12-9-13-11(10)14-5-3-1-2-4-6-14/h7,9,15H,1-6,8H2. The maximum atomic E-state index is 9.21. The van der Waals surface area contributed by atoms with Gasteiger partial charge in [0.05, 0.1) is 6.61 Å². The summed E-state index contributed by atoms with van der Waals surface area (Å²) in [6.07, 6.45) is 8.29. The molecule has 1 aromatic heterocycles. The fourth-order valence-electron chi connectivity index (χ4n) is 2.03. The first-order valence-corrected chi connectivity index (χ1v) is 5.56. The third kappa shape index (κ3) is 2.45. The monoisotopic (exact) mass is 207 g/mol. The van der Waals surface area contributed by atoms with E-state index in [-0.39, 0.29) is 6.61 Å². The highest BCUT2D eigenvalue weighted by Gasteiger charge is 2.14. The first-order chi connectivity index (χ1) is 7.42. The topological polar surface area (TPSA) is 49.3 Å². The summed E-state index contributed by atoms with van der Waals surface area (Å²) in [4.78, 5) is 10.5. The van der Waals surface area contributed by atoms with Crippen LogP contribution in [0.3, 0.4) is 0 Å². The molecule has 0 bridgehead atoms. The summed E-state index contributed by atoms with van der Waals surface area (Å²) in [5.41, 5.74) is 0.833. The van der Waals surface area contributed by atoms with Crippen molar-refractivity contribution in [3.05, 3.63) is 18.1 Å². The van der Waals surface area contributed by atoms with Crippen molar-refractivity contribution < 1.29 is 5.11 Å². The van der Waals surface area contributed by atoms with E-state index in [1.807, 2.05) is 0 Å². The lowest BCUT2D eigenvalue weighted by Crippen LogP contribution is -2.26. The lowest BCUT2D eigenvalue weighted by molar-refractivity contribution is 0.281. The second kappa shape index (κ2) is 5.07. The number of rotatable bonds is 2. The summed E-state index contributed by atoms with van der Waals surface area (Å²) >= 11 is 0. The number of hydrogen-bond donors (Lipinski definition) is 1. The van der Waals surface area contributed by atoms with Crippen molar-refractivity contribution in [2.45, 2.75) is 32.3 Å². The molecule has 0 aromatic carbocycles. The van der Waals surface area contributed by atoms with Crippen molar-refractivity contribution >= 4 is 5.82 Å². The van der Waals surface area contributed by atoms with E-state index in [9.17, 15) is 5.11 Å². The number of nitrogens with zero attached hydrogens (tertiary/aromatic N) is 3. The summed E-state index contributed by atoms with van der Waals surface area (Å²) in [5, 5.41) is 9.21. The van der Waals surface area contributed by atoms with Gasteiger partial charge in [-0.25, -0.2) is 9.97 Å². The molecule has 0 amide bonds. The lowest BCUT2D eigenvalue weighted by atomic mass is 10.2. The van der Waals surface area contributed by atoms with Crippen molar-refractivity contribution in [3.8, 4) is 0 Å². The summed E-state index contributed by atoms with van der Waals surface area (Å²) in [6, 6.07) is 0. The quantitative estimate of drug-likeness (QED) is 0.795. The van der Waals surface area contributed by atoms with Crippen LogP contribution >= 0.6 is 0 Å². The van der Waals surface area contributed by atoms with Gasteiger partial charge >= 0.3 is 0 Å². The van der Waals surface area contributed by atoms with Gasteiger partial charge in [0.25, 0.3) is 0 Å². The van der Waals surface area contributed by atoms with Gasteiger partial charge in [0.1, 0.15) is 12.1 Å². The van der Waals surface area contributed by atoms with Gasteiger partial charge in [0.15, 0.2) is 0 Å². The Balaban J connectivity index is 2.18. The molecular formula is C11H17N3O. The van der Waals surface area contributed by atoms with E-state index in [2.05, 4.69) is 14.9 Å². The molecule has 2 rings (SSSR count). The van der Waals surface area contributed by atoms with Crippen LogP contribution in [0, 0.1) is 0 Å². The van der Waals surface area contributed by atoms with E-state index in [4.69, 9.17) is 0 Å². The van der Waals surface area contributed by atoms with Crippen molar-refractivity contribution in [1.29, 1.82) is 0 Å². The summed E-state index contributed by atoms with van der Waals surface area (Å²) in [6.45, 7) is 2.11. The molecule has 4 nitrogen and oxygen atoms in total. The lowest BCUT2D eigenvalue weighted by Gasteiger charge is -2.22. The Kier molecular flexibility index (Phi) is 3.50. The van der Waals surface area contributed by atoms with E-state index < -0.39 is 0 Å². The van der Waals surface area contributed by atoms with Crippen molar-refractivity contribution in [2.24, 2.45) is 0 Å². The number of anilines is 1. The fourth-order valence-corrected chi connectivity index (χ4v) is 2.03. The molecule has 0 atom stereocenters. The van der Waals surface area contributed by atoms with E-state index in [0.29, 0.717) is 0 Å². The smallest absolute Gasteiger partial charge is 0.137 e. The Labute approximate surface area is 90.0 Å². The normalized spacial score (nSPS) is 17.5. The highest BCUT2D eigenvalue weighted by atomic mass is 16.3. The van der Waals surface area contributed by atoms with Gasteiger partial charge in [-0.1, -0.05) is 12.8 Å². The minimum atomic E-state index is 0.0205. The highest BCUT2D eigenvalue weighted by Crippen LogP contribution is 2.20. The third-order valence-electron chi connectivity index (χ3n) is 2.84. The predicted octanol–water partition coefficient (Wildman–Crippen LogP) is 1.35. The molecule has 0 radical (unpaired) electrons. The molecule has 0 saturated carbocycles. The van der Waals surface area contributed by atoms with Gasteiger partial charge in [-0.05, 0) is 12.8 Å². The average molecular weight is 207 g/mol. The zero-order chi connectivity index (χ0) is 10.5. The predicted molar refractivity (Wildman–Crippen MR) is 58.6 cm³/mol. The Morgan fingerprint density at radius 1 is 1.20 bits per heavy atom. The number of hydrogen-bond acceptors (Lipinski definition) is 4. The van der Waals surface area contributed by atoms with Crippen LogP contribution in [0.2, 0.25) is 0 Å². The Morgan fingerprint density at radius 3 is 2.60 bits per heavy atom. The molecule has 1 fully saturated rings. The van der Waals surface area contributed by atoms with Crippen LogP contribution < -0.4 is 4.90 Å². The SMILES string of the molecule is OCc1cncnc1N1CCCCCC1. The summed E-state index contributed by atoms with van der Waals surface area (Å²) in [5.74, 6) is 0.911. The second-order valence-corrected chi connectivity index (χ2v) is 3.93. The molecule has 1 N–H and O–H groups in total. The van der Waals surface area contributed by atoms with Crippen LogP contribution in [0.15, 0.2) is 12.5 Å². The zero-order valence-corrected chi connectivity index (χ0v) is 8.89. The summed E-state index contributed by atoms with van der Waals surface area (Å²) in [7, 11) is 0. The van der Waals surface area contributed by atoms with Crippen molar-refractivity contribution in [2.75, 3.05) is 18.0 Å². The van der Waals surface area contributed by atoms with Gasteiger partial charge in [0.2, 0.25) is 0 Å². The van der Waals surface area contributed by atoms with E-state index >= 15 is 0 Å².